The summed E-state index contributed by atoms with van der Waals surface area (Å²) in [6.45, 7) is 1.77. The van der Waals surface area contributed by atoms with E-state index in [1.807, 2.05) is 29.1 Å². The molecule has 0 saturated carbocycles. The van der Waals surface area contributed by atoms with Crippen LogP contribution in [0.3, 0.4) is 0 Å². The van der Waals surface area contributed by atoms with Crippen LogP contribution in [-0.4, -0.2) is 20.4 Å². The second-order valence-corrected chi connectivity index (χ2v) is 7.25. The molecule has 0 aliphatic rings. The molecule has 0 unspecified atom stereocenters. The second-order valence-electron chi connectivity index (χ2n) is 7.25. The van der Waals surface area contributed by atoms with E-state index in [-0.39, 0.29) is 12.3 Å². The molecule has 0 aliphatic carbocycles. The van der Waals surface area contributed by atoms with E-state index in [9.17, 15) is 18.0 Å². The number of rotatable bonds is 6. The molecule has 6 nitrogen and oxygen atoms in total. The van der Waals surface area contributed by atoms with Gasteiger partial charge in [-0.25, -0.2) is 4.98 Å². The number of alkyl halides is 3. The van der Waals surface area contributed by atoms with Gasteiger partial charge < -0.3 is 14.6 Å². The molecule has 0 radical (unpaired) electrons. The summed E-state index contributed by atoms with van der Waals surface area (Å²) in [6.07, 6.45) is -0.709. The molecule has 0 aliphatic heterocycles. The first-order chi connectivity index (χ1) is 15.8. The molecule has 1 N–H and O–H groups in total. The number of nitrogens with zero attached hydrogens (tertiary/aromatic N) is 3. The topological polar surface area (TPSA) is 69.0 Å². The number of carbonyl (C=O) groups excluding carboxylic acids is 1. The van der Waals surface area contributed by atoms with Crippen LogP contribution < -0.4 is 10.1 Å². The third kappa shape index (κ3) is 5.76. The van der Waals surface area contributed by atoms with Crippen molar-refractivity contribution in [2.45, 2.75) is 19.5 Å². The van der Waals surface area contributed by atoms with E-state index in [1.54, 1.807) is 37.3 Å². The van der Waals surface area contributed by atoms with E-state index in [1.165, 1.54) is 12.1 Å². The van der Waals surface area contributed by atoms with Gasteiger partial charge in [-0.3, -0.25) is 4.79 Å². The van der Waals surface area contributed by atoms with Gasteiger partial charge in [0.15, 0.2) is 0 Å². The molecule has 0 spiro atoms. The summed E-state index contributed by atoms with van der Waals surface area (Å²) >= 11 is 0. The summed E-state index contributed by atoms with van der Waals surface area (Å²) in [5.41, 5.74) is 0.269. The van der Waals surface area contributed by atoms with E-state index >= 15 is 0 Å². The van der Waals surface area contributed by atoms with Crippen molar-refractivity contribution < 1.29 is 22.7 Å². The number of hydrogen-bond acceptors (Lipinski definition) is 4. The van der Waals surface area contributed by atoms with E-state index in [2.05, 4.69) is 15.3 Å². The van der Waals surface area contributed by atoms with Gasteiger partial charge in [0.2, 0.25) is 11.8 Å². The summed E-state index contributed by atoms with van der Waals surface area (Å²) in [6, 6.07) is 16.7. The van der Waals surface area contributed by atoms with Gasteiger partial charge in [-0.2, -0.15) is 18.2 Å². The lowest BCUT2D eigenvalue weighted by molar-refractivity contribution is -0.137. The van der Waals surface area contributed by atoms with Crippen LogP contribution in [0.5, 0.6) is 11.6 Å². The average molecular weight is 452 g/mol. The Kier molecular flexibility index (Phi) is 6.12. The Morgan fingerprint density at radius 1 is 1.00 bits per heavy atom. The quantitative estimate of drug-likeness (QED) is 0.415. The van der Waals surface area contributed by atoms with Crippen molar-refractivity contribution in [2.24, 2.45) is 0 Å². The standard InChI is InChI=1S/C24H19F3N4O2/c1-16-28-21(31-12-2-3-13-31)15-23(29-16)33-20-10-8-19(9-11-20)30-22(32)14-17-4-6-18(7-5-17)24(25,26)27/h2-13,15H,14H2,1H3,(H,30,32). The Morgan fingerprint density at radius 3 is 2.30 bits per heavy atom. The Hall–Kier alpha value is -4.14. The zero-order valence-corrected chi connectivity index (χ0v) is 17.5. The fraction of sp³-hybridized carbons (Fsp3) is 0.125. The first kappa shape index (κ1) is 22.1. The summed E-state index contributed by atoms with van der Waals surface area (Å²) in [5, 5.41) is 2.72. The Morgan fingerprint density at radius 2 is 1.67 bits per heavy atom. The lowest BCUT2D eigenvalue weighted by Gasteiger charge is -2.10. The lowest BCUT2D eigenvalue weighted by atomic mass is 10.1. The van der Waals surface area contributed by atoms with Gasteiger partial charge in [-0.05, 0) is 61.0 Å². The molecule has 9 heteroatoms. The van der Waals surface area contributed by atoms with Crippen LogP contribution in [0.1, 0.15) is 17.0 Å². The molecule has 0 atom stereocenters. The van der Waals surface area contributed by atoms with Crippen LogP contribution in [0.2, 0.25) is 0 Å². The minimum absolute atomic E-state index is 0.0429. The van der Waals surface area contributed by atoms with Crippen LogP contribution >= 0.6 is 0 Å². The Labute approximate surface area is 187 Å². The maximum atomic E-state index is 12.6. The van der Waals surface area contributed by atoms with Gasteiger partial charge >= 0.3 is 6.18 Å². The Bertz CT molecular complexity index is 1240. The molecular formula is C24H19F3N4O2. The third-order valence-electron chi connectivity index (χ3n) is 4.68. The van der Waals surface area contributed by atoms with Crippen molar-refractivity contribution in [1.29, 1.82) is 0 Å². The number of aryl methyl sites for hydroxylation is 1. The van der Waals surface area contributed by atoms with Gasteiger partial charge in [0.1, 0.15) is 17.4 Å². The molecule has 2 heterocycles. The summed E-state index contributed by atoms with van der Waals surface area (Å²) in [7, 11) is 0. The fourth-order valence-electron chi connectivity index (χ4n) is 3.13. The molecule has 0 saturated heterocycles. The van der Waals surface area contributed by atoms with Gasteiger partial charge in [0.05, 0.1) is 12.0 Å². The van der Waals surface area contributed by atoms with Crippen molar-refractivity contribution in [2.75, 3.05) is 5.32 Å². The van der Waals surface area contributed by atoms with E-state index in [4.69, 9.17) is 4.74 Å². The normalized spacial score (nSPS) is 11.3. The highest BCUT2D eigenvalue weighted by Gasteiger charge is 2.29. The average Bonchev–Trinajstić information content (AvgIpc) is 3.29. The molecule has 2 aromatic carbocycles. The van der Waals surface area contributed by atoms with Crippen molar-refractivity contribution in [1.82, 2.24) is 14.5 Å². The van der Waals surface area contributed by atoms with E-state index in [0.29, 0.717) is 34.5 Å². The molecular weight excluding hydrogens is 433 g/mol. The predicted molar refractivity (Wildman–Crippen MR) is 116 cm³/mol. The van der Waals surface area contributed by atoms with Crippen LogP contribution in [0.15, 0.2) is 79.1 Å². The lowest BCUT2D eigenvalue weighted by Crippen LogP contribution is -2.14. The molecule has 4 aromatic rings. The zero-order valence-electron chi connectivity index (χ0n) is 17.5. The predicted octanol–water partition coefficient (Wildman–Crippen LogP) is 5.57. The minimum atomic E-state index is -4.40. The largest absolute Gasteiger partial charge is 0.439 e. The molecule has 168 valence electrons. The highest BCUT2D eigenvalue weighted by molar-refractivity contribution is 5.92. The van der Waals surface area contributed by atoms with Crippen molar-refractivity contribution in [3.8, 4) is 17.4 Å². The van der Waals surface area contributed by atoms with Crippen LogP contribution in [0, 0.1) is 6.92 Å². The van der Waals surface area contributed by atoms with Crippen molar-refractivity contribution >= 4 is 11.6 Å². The SMILES string of the molecule is Cc1nc(Oc2ccc(NC(=O)Cc3ccc(C(F)(F)F)cc3)cc2)cc(-n2cccc2)n1. The second kappa shape index (κ2) is 9.15. The molecule has 0 fully saturated rings. The first-order valence-corrected chi connectivity index (χ1v) is 9.99. The molecule has 2 aromatic heterocycles. The number of hydrogen-bond donors (Lipinski definition) is 1. The maximum Gasteiger partial charge on any atom is 0.416 e. The van der Waals surface area contributed by atoms with Gasteiger partial charge in [0.25, 0.3) is 0 Å². The van der Waals surface area contributed by atoms with Gasteiger partial charge in [0, 0.05) is 24.1 Å². The molecule has 0 bridgehead atoms. The van der Waals surface area contributed by atoms with E-state index < -0.39 is 11.7 Å². The smallest absolute Gasteiger partial charge is 0.416 e. The highest BCUT2D eigenvalue weighted by Crippen LogP contribution is 2.29. The number of benzene rings is 2. The van der Waals surface area contributed by atoms with E-state index in [0.717, 1.165) is 12.1 Å². The number of amides is 1. The number of ether oxygens (including phenoxy) is 1. The monoisotopic (exact) mass is 452 g/mol. The summed E-state index contributed by atoms with van der Waals surface area (Å²) in [4.78, 5) is 20.9. The minimum Gasteiger partial charge on any atom is -0.439 e. The fourth-order valence-corrected chi connectivity index (χ4v) is 3.13. The Balaban J connectivity index is 1.37. The molecule has 4 rings (SSSR count). The number of aromatic nitrogens is 3. The van der Waals surface area contributed by atoms with Gasteiger partial charge in [-0.1, -0.05) is 12.1 Å². The number of halogens is 3. The molecule has 1 amide bonds. The number of anilines is 1. The van der Waals surface area contributed by atoms with Gasteiger partial charge in [-0.15, -0.1) is 0 Å². The number of carbonyl (C=O) groups is 1. The van der Waals surface area contributed by atoms with Crippen molar-refractivity contribution in [3.05, 3.63) is 96.1 Å². The zero-order chi connectivity index (χ0) is 23.4. The van der Waals surface area contributed by atoms with Crippen LogP contribution in [0.4, 0.5) is 18.9 Å². The van der Waals surface area contributed by atoms with Crippen molar-refractivity contribution in [3.63, 3.8) is 0 Å². The van der Waals surface area contributed by atoms with Crippen LogP contribution in [-0.2, 0) is 17.4 Å². The summed E-state index contributed by atoms with van der Waals surface area (Å²) < 4.78 is 45.6. The summed E-state index contributed by atoms with van der Waals surface area (Å²) in [5.74, 6) is 1.79. The highest BCUT2D eigenvalue weighted by atomic mass is 19.4. The molecule has 33 heavy (non-hydrogen) atoms. The van der Waals surface area contributed by atoms with Crippen LogP contribution in [0.25, 0.3) is 5.82 Å². The third-order valence-corrected chi connectivity index (χ3v) is 4.68. The number of nitrogens with one attached hydrogen (secondary N) is 1. The first-order valence-electron chi connectivity index (χ1n) is 9.99. The maximum absolute atomic E-state index is 12.6.